The molecule has 160 valence electrons. The van der Waals surface area contributed by atoms with Crippen molar-refractivity contribution < 1.29 is 14.3 Å². The molecule has 2 aliphatic rings. The molecule has 0 bridgehead atoms. The van der Waals surface area contributed by atoms with E-state index in [0.29, 0.717) is 25.0 Å². The first-order valence-electron chi connectivity index (χ1n) is 11.0. The summed E-state index contributed by atoms with van der Waals surface area (Å²) in [5.41, 5.74) is 2.41. The van der Waals surface area contributed by atoms with Gasteiger partial charge in [0, 0.05) is 12.6 Å². The molecule has 0 N–H and O–H groups in total. The molecule has 1 aromatic rings. The number of esters is 1. The third-order valence-corrected chi connectivity index (χ3v) is 7.40. The van der Waals surface area contributed by atoms with Crippen molar-refractivity contribution in [3.8, 4) is 0 Å². The molecule has 29 heavy (non-hydrogen) atoms. The Hall–Kier alpha value is -1.45. The standard InChI is InChI=1S/C23H35N2O3P/c1-4-28-23(27)21(13-12-18-10-8-16(2)9-11-18)25(29)17(3)22(26)24-15-14-19-6-5-7-20(19)24/h8-11,17,19-21H,4-7,12-15,29H2,1-3H3. The highest BCUT2D eigenvalue weighted by molar-refractivity contribution is 7.13. The topological polar surface area (TPSA) is 49.9 Å². The number of aryl methyl sites for hydroxylation is 2. The zero-order valence-electron chi connectivity index (χ0n) is 18.0. The summed E-state index contributed by atoms with van der Waals surface area (Å²) >= 11 is 0. The predicted octanol–water partition coefficient (Wildman–Crippen LogP) is 3.74. The number of nitrogens with zero attached hydrogens (tertiary/aromatic N) is 2. The SMILES string of the molecule is CCOC(=O)C(CCc1ccc(C)cc1)N(P)C(C)C(=O)N1CCC2CCCC21. The van der Waals surface area contributed by atoms with Crippen molar-refractivity contribution in [2.75, 3.05) is 13.2 Å². The summed E-state index contributed by atoms with van der Waals surface area (Å²) in [5, 5.41) is 0. The van der Waals surface area contributed by atoms with Crippen molar-refractivity contribution in [1.29, 1.82) is 0 Å². The van der Waals surface area contributed by atoms with Crippen LogP contribution in [0.1, 0.15) is 57.1 Å². The van der Waals surface area contributed by atoms with Crippen LogP contribution in [0.2, 0.25) is 0 Å². The fraction of sp³-hybridized carbons (Fsp3) is 0.652. The third-order valence-electron chi connectivity index (χ3n) is 6.59. The van der Waals surface area contributed by atoms with Gasteiger partial charge >= 0.3 is 5.97 Å². The van der Waals surface area contributed by atoms with Gasteiger partial charge in [0.25, 0.3) is 0 Å². The highest BCUT2D eigenvalue weighted by Gasteiger charge is 2.42. The zero-order valence-corrected chi connectivity index (χ0v) is 19.1. The van der Waals surface area contributed by atoms with Crippen LogP contribution >= 0.6 is 9.39 Å². The molecular formula is C23H35N2O3P. The van der Waals surface area contributed by atoms with Crippen LogP contribution in [-0.4, -0.2) is 52.7 Å². The van der Waals surface area contributed by atoms with Gasteiger partial charge in [-0.3, -0.25) is 14.3 Å². The lowest BCUT2D eigenvalue weighted by atomic mass is 10.0. The predicted molar refractivity (Wildman–Crippen MR) is 118 cm³/mol. The van der Waals surface area contributed by atoms with E-state index in [1.54, 1.807) is 0 Å². The Morgan fingerprint density at radius 1 is 1.24 bits per heavy atom. The van der Waals surface area contributed by atoms with Crippen molar-refractivity contribution in [2.24, 2.45) is 5.92 Å². The van der Waals surface area contributed by atoms with E-state index in [9.17, 15) is 9.59 Å². The monoisotopic (exact) mass is 418 g/mol. The third kappa shape index (κ3) is 5.19. The molecular weight excluding hydrogens is 383 g/mol. The summed E-state index contributed by atoms with van der Waals surface area (Å²) in [7, 11) is 2.64. The molecule has 1 aliphatic heterocycles. The number of benzene rings is 1. The number of carbonyl (C=O) groups excluding carboxylic acids is 2. The van der Waals surface area contributed by atoms with E-state index in [4.69, 9.17) is 4.74 Å². The fourth-order valence-corrected chi connectivity index (χ4v) is 5.23. The van der Waals surface area contributed by atoms with Crippen LogP contribution in [0, 0.1) is 12.8 Å². The average molecular weight is 419 g/mol. The number of carbonyl (C=O) groups is 2. The van der Waals surface area contributed by atoms with Gasteiger partial charge in [-0.15, -0.1) is 0 Å². The normalized spacial score (nSPS) is 23.1. The molecule has 1 saturated heterocycles. The smallest absolute Gasteiger partial charge is 0.323 e. The summed E-state index contributed by atoms with van der Waals surface area (Å²) in [6, 6.07) is 7.95. The first-order chi connectivity index (χ1) is 13.9. The minimum atomic E-state index is -0.456. The maximum Gasteiger partial charge on any atom is 0.323 e. The number of rotatable bonds is 8. The van der Waals surface area contributed by atoms with E-state index >= 15 is 0 Å². The molecule has 1 saturated carbocycles. The highest BCUT2D eigenvalue weighted by atomic mass is 31.0. The average Bonchev–Trinajstić information content (AvgIpc) is 3.32. The van der Waals surface area contributed by atoms with Crippen LogP contribution in [0.25, 0.3) is 0 Å². The van der Waals surface area contributed by atoms with E-state index in [0.717, 1.165) is 25.8 Å². The first kappa shape index (κ1) is 22.2. The number of amides is 1. The van der Waals surface area contributed by atoms with Crippen LogP contribution in [-0.2, 0) is 20.7 Å². The molecule has 1 aromatic carbocycles. The largest absolute Gasteiger partial charge is 0.465 e. The minimum absolute atomic E-state index is 0.138. The Bertz CT molecular complexity index is 709. The van der Waals surface area contributed by atoms with Crippen LogP contribution < -0.4 is 0 Å². The van der Waals surface area contributed by atoms with Crippen LogP contribution in [0.5, 0.6) is 0 Å². The molecule has 0 radical (unpaired) electrons. The molecule has 1 amide bonds. The summed E-state index contributed by atoms with van der Waals surface area (Å²) in [4.78, 5) is 28.0. The maximum absolute atomic E-state index is 13.2. The van der Waals surface area contributed by atoms with Crippen LogP contribution in [0.4, 0.5) is 0 Å². The van der Waals surface area contributed by atoms with Gasteiger partial charge in [0.1, 0.15) is 6.04 Å². The number of likely N-dealkylation sites (tertiary alicyclic amines) is 1. The Morgan fingerprint density at radius 3 is 2.66 bits per heavy atom. The molecule has 0 aromatic heterocycles. The second kappa shape index (κ2) is 10.0. The van der Waals surface area contributed by atoms with E-state index in [1.807, 2.05) is 18.5 Å². The highest BCUT2D eigenvalue weighted by Crippen LogP contribution is 2.38. The second-order valence-corrected chi connectivity index (χ2v) is 9.09. The van der Waals surface area contributed by atoms with Gasteiger partial charge in [-0.05, 0) is 64.4 Å². The maximum atomic E-state index is 13.2. The fourth-order valence-electron chi connectivity index (χ4n) is 4.83. The van der Waals surface area contributed by atoms with E-state index < -0.39 is 6.04 Å². The van der Waals surface area contributed by atoms with Gasteiger partial charge in [-0.25, -0.2) is 0 Å². The molecule has 0 spiro atoms. The van der Waals surface area contributed by atoms with Crippen molar-refractivity contribution in [2.45, 2.75) is 77.4 Å². The number of hydrogen-bond donors (Lipinski definition) is 0. The lowest BCUT2D eigenvalue weighted by Crippen LogP contribution is -2.50. The van der Waals surface area contributed by atoms with Gasteiger partial charge in [0.05, 0.1) is 12.6 Å². The molecule has 3 rings (SSSR count). The second-order valence-electron chi connectivity index (χ2n) is 8.49. The number of ether oxygens (including phenoxy) is 1. The van der Waals surface area contributed by atoms with Crippen molar-refractivity contribution >= 4 is 21.3 Å². The summed E-state index contributed by atoms with van der Waals surface area (Å²) in [5.74, 6) is 0.556. The lowest BCUT2D eigenvalue weighted by Gasteiger charge is -2.34. The van der Waals surface area contributed by atoms with Gasteiger partial charge in [-0.1, -0.05) is 45.6 Å². The first-order valence-corrected chi connectivity index (χ1v) is 11.5. The number of hydrogen-bond acceptors (Lipinski definition) is 4. The quantitative estimate of drug-likeness (QED) is 0.477. The Balaban J connectivity index is 1.67. The molecule has 5 unspecified atom stereocenters. The summed E-state index contributed by atoms with van der Waals surface area (Å²) in [6.45, 7) is 6.99. The Morgan fingerprint density at radius 2 is 1.97 bits per heavy atom. The molecule has 5 nitrogen and oxygen atoms in total. The van der Waals surface area contributed by atoms with E-state index in [1.165, 1.54) is 24.0 Å². The molecule has 6 heteroatoms. The molecule has 2 fully saturated rings. The minimum Gasteiger partial charge on any atom is -0.465 e. The van der Waals surface area contributed by atoms with Gasteiger partial charge < -0.3 is 9.64 Å². The van der Waals surface area contributed by atoms with E-state index in [2.05, 4.69) is 45.5 Å². The summed E-state index contributed by atoms with van der Waals surface area (Å²) in [6.07, 6.45) is 6.10. The van der Waals surface area contributed by atoms with Crippen LogP contribution in [0.3, 0.4) is 0 Å². The molecule has 1 heterocycles. The molecule has 1 aliphatic carbocycles. The zero-order chi connectivity index (χ0) is 21.0. The molecule has 5 atom stereocenters. The number of fused-ring (bicyclic) bond motifs is 1. The van der Waals surface area contributed by atoms with Crippen LogP contribution in [0.15, 0.2) is 24.3 Å². The van der Waals surface area contributed by atoms with Gasteiger partial charge in [0.15, 0.2) is 0 Å². The Labute approximate surface area is 177 Å². The van der Waals surface area contributed by atoms with Gasteiger partial charge in [0.2, 0.25) is 5.91 Å². The van der Waals surface area contributed by atoms with Crippen molar-refractivity contribution in [3.63, 3.8) is 0 Å². The van der Waals surface area contributed by atoms with Crippen molar-refractivity contribution in [3.05, 3.63) is 35.4 Å². The van der Waals surface area contributed by atoms with Crippen molar-refractivity contribution in [1.82, 2.24) is 9.57 Å². The summed E-state index contributed by atoms with van der Waals surface area (Å²) < 4.78 is 7.18. The lowest BCUT2D eigenvalue weighted by molar-refractivity contribution is -0.149. The van der Waals surface area contributed by atoms with Gasteiger partial charge in [-0.2, -0.15) is 0 Å². The Kier molecular flexibility index (Phi) is 7.70. The van der Waals surface area contributed by atoms with E-state index in [-0.39, 0.29) is 17.9 Å².